The van der Waals surface area contributed by atoms with Crippen molar-refractivity contribution >= 4 is 11.6 Å². The minimum atomic E-state index is -0.896. The summed E-state index contributed by atoms with van der Waals surface area (Å²) in [6, 6.07) is 9.50. The number of rotatable bonds is 2. The standard InChI is InChI=1S/C16H14N4O3/c21-16(22)19-7-5-11-3-4-13(8-12(11)9-19)23-15-14-2-1-6-20(14)18-10-17-15/h1-4,6,8,10H,5,7,9H2,(H,21,22). The van der Waals surface area contributed by atoms with Crippen molar-refractivity contribution in [2.75, 3.05) is 6.54 Å². The van der Waals surface area contributed by atoms with Gasteiger partial charge in [-0.25, -0.2) is 9.31 Å². The van der Waals surface area contributed by atoms with Gasteiger partial charge in [0, 0.05) is 19.3 Å². The Labute approximate surface area is 131 Å². The summed E-state index contributed by atoms with van der Waals surface area (Å²) >= 11 is 0. The van der Waals surface area contributed by atoms with Gasteiger partial charge in [0.05, 0.1) is 0 Å². The third kappa shape index (κ3) is 2.46. The van der Waals surface area contributed by atoms with Gasteiger partial charge in [0.1, 0.15) is 17.6 Å². The van der Waals surface area contributed by atoms with Crippen molar-refractivity contribution in [3.8, 4) is 11.6 Å². The SMILES string of the molecule is O=C(O)N1CCc2ccc(Oc3ncnn4cccc34)cc2C1. The molecular weight excluding hydrogens is 296 g/mol. The molecule has 7 heteroatoms. The summed E-state index contributed by atoms with van der Waals surface area (Å²) in [5.41, 5.74) is 2.90. The Morgan fingerprint density at radius 1 is 1.26 bits per heavy atom. The quantitative estimate of drug-likeness (QED) is 0.787. The monoisotopic (exact) mass is 310 g/mol. The van der Waals surface area contributed by atoms with Gasteiger partial charge in [-0.1, -0.05) is 6.07 Å². The maximum absolute atomic E-state index is 11.1. The van der Waals surface area contributed by atoms with Crippen LogP contribution in [0.5, 0.6) is 11.6 Å². The second kappa shape index (κ2) is 5.28. The fourth-order valence-electron chi connectivity index (χ4n) is 2.79. The smallest absolute Gasteiger partial charge is 0.407 e. The molecule has 1 N–H and O–H groups in total. The van der Waals surface area contributed by atoms with Crippen LogP contribution in [-0.2, 0) is 13.0 Å². The number of carboxylic acid groups (broad SMARTS) is 1. The molecule has 0 bridgehead atoms. The van der Waals surface area contributed by atoms with E-state index >= 15 is 0 Å². The van der Waals surface area contributed by atoms with Crippen molar-refractivity contribution < 1.29 is 14.6 Å². The number of fused-ring (bicyclic) bond motifs is 2. The lowest BCUT2D eigenvalue weighted by Gasteiger charge is -2.26. The summed E-state index contributed by atoms with van der Waals surface area (Å²) in [5.74, 6) is 1.11. The molecule has 0 radical (unpaired) electrons. The van der Waals surface area contributed by atoms with Gasteiger partial charge >= 0.3 is 6.09 Å². The molecule has 0 atom stereocenters. The fourth-order valence-corrected chi connectivity index (χ4v) is 2.79. The van der Waals surface area contributed by atoms with E-state index in [1.54, 1.807) is 4.52 Å². The van der Waals surface area contributed by atoms with Crippen molar-refractivity contribution in [3.05, 3.63) is 54.0 Å². The zero-order valence-electron chi connectivity index (χ0n) is 12.2. The van der Waals surface area contributed by atoms with Crippen LogP contribution in [0.25, 0.3) is 5.52 Å². The molecule has 116 valence electrons. The van der Waals surface area contributed by atoms with E-state index in [0.29, 0.717) is 24.7 Å². The molecule has 23 heavy (non-hydrogen) atoms. The van der Waals surface area contributed by atoms with E-state index in [9.17, 15) is 4.79 Å². The van der Waals surface area contributed by atoms with Gasteiger partial charge in [0.15, 0.2) is 0 Å². The lowest BCUT2D eigenvalue weighted by atomic mass is 10.00. The largest absolute Gasteiger partial charge is 0.465 e. The van der Waals surface area contributed by atoms with Gasteiger partial charge in [-0.2, -0.15) is 10.1 Å². The molecule has 7 nitrogen and oxygen atoms in total. The number of benzene rings is 1. The number of hydrogen-bond donors (Lipinski definition) is 1. The maximum Gasteiger partial charge on any atom is 0.407 e. The third-order valence-electron chi connectivity index (χ3n) is 3.97. The molecular formula is C16H14N4O3. The van der Waals surface area contributed by atoms with Gasteiger partial charge in [-0.05, 0) is 41.8 Å². The Balaban J connectivity index is 1.64. The molecule has 0 aliphatic carbocycles. The Kier molecular flexibility index (Phi) is 3.11. The van der Waals surface area contributed by atoms with Crippen molar-refractivity contribution in [2.45, 2.75) is 13.0 Å². The lowest BCUT2D eigenvalue weighted by molar-refractivity contribution is 0.140. The highest BCUT2D eigenvalue weighted by Gasteiger charge is 2.20. The van der Waals surface area contributed by atoms with Crippen molar-refractivity contribution in [3.63, 3.8) is 0 Å². The summed E-state index contributed by atoms with van der Waals surface area (Å²) in [6.45, 7) is 0.908. The topological polar surface area (TPSA) is 80.0 Å². The number of amides is 1. The van der Waals surface area contributed by atoms with Crippen molar-refractivity contribution in [1.29, 1.82) is 0 Å². The van der Waals surface area contributed by atoms with Crippen molar-refractivity contribution in [2.24, 2.45) is 0 Å². The number of nitrogens with zero attached hydrogens (tertiary/aromatic N) is 4. The van der Waals surface area contributed by atoms with Crippen LogP contribution in [0.2, 0.25) is 0 Å². The molecule has 3 heterocycles. The Morgan fingerprint density at radius 3 is 3.04 bits per heavy atom. The van der Waals surface area contributed by atoms with Crippen LogP contribution in [-0.4, -0.2) is 37.2 Å². The van der Waals surface area contributed by atoms with Crippen LogP contribution >= 0.6 is 0 Å². The number of hydrogen-bond acceptors (Lipinski definition) is 4. The number of ether oxygens (including phenoxy) is 1. The highest BCUT2D eigenvalue weighted by atomic mass is 16.5. The molecule has 4 rings (SSSR count). The average molecular weight is 310 g/mol. The van der Waals surface area contributed by atoms with Gasteiger partial charge in [0.2, 0.25) is 5.88 Å². The molecule has 1 amide bonds. The number of aromatic nitrogens is 3. The third-order valence-corrected chi connectivity index (χ3v) is 3.97. The van der Waals surface area contributed by atoms with E-state index in [4.69, 9.17) is 9.84 Å². The predicted molar refractivity (Wildman–Crippen MR) is 81.6 cm³/mol. The van der Waals surface area contributed by atoms with Gasteiger partial charge < -0.3 is 14.7 Å². The molecule has 0 saturated heterocycles. The fraction of sp³-hybridized carbons (Fsp3) is 0.188. The lowest BCUT2D eigenvalue weighted by Crippen LogP contribution is -2.34. The summed E-state index contributed by atoms with van der Waals surface area (Å²) in [4.78, 5) is 16.7. The molecule has 3 aromatic rings. The minimum Gasteiger partial charge on any atom is -0.465 e. The van der Waals surface area contributed by atoms with E-state index in [-0.39, 0.29) is 0 Å². The van der Waals surface area contributed by atoms with Crippen LogP contribution in [0.1, 0.15) is 11.1 Å². The second-order valence-corrected chi connectivity index (χ2v) is 5.39. The number of carbonyl (C=O) groups is 1. The molecule has 1 aliphatic rings. The zero-order chi connectivity index (χ0) is 15.8. The summed E-state index contributed by atoms with van der Waals surface area (Å²) in [6.07, 6.45) is 3.08. The molecule has 0 spiro atoms. The maximum atomic E-state index is 11.1. The van der Waals surface area contributed by atoms with E-state index in [1.165, 1.54) is 11.2 Å². The molecule has 1 aromatic carbocycles. The highest BCUT2D eigenvalue weighted by molar-refractivity contribution is 5.65. The Morgan fingerprint density at radius 2 is 2.17 bits per heavy atom. The Bertz CT molecular complexity index is 890. The average Bonchev–Trinajstić information content (AvgIpc) is 3.04. The first kappa shape index (κ1) is 13.6. The first-order valence-corrected chi connectivity index (χ1v) is 7.26. The summed E-state index contributed by atoms with van der Waals surface area (Å²) in [5, 5.41) is 13.2. The van der Waals surface area contributed by atoms with Crippen LogP contribution in [0, 0.1) is 0 Å². The van der Waals surface area contributed by atoms with Crippen LogP contribution in [0.3, 0.4) is 0 Å². The van der Waals surface area contributed by atoms with Crippen LogP contribution in [0.15, 0.2) is 42.9 Å². The van der Waals surface area contributed by atoms with Crippen LogP contribution < -0.4 is 4.74 Å². The van der Waals surface area contributed by atoms with Gasteiger partial charge in [0.25, 0.3) is 0 Å². The molecule has 0 fully saturated rings. The molecule has 2 aromatic heterocycles. The van der Waals surface area contributed by atoms with E-state index < -0.39 is 6.09 Å². The molecule has 1 aliphatic heterocycles. The summed E-state index contributed by atoms with van der Waals surface area (Å²) in [7, 11) is 0. The Hall–Kier alpha value is -3.09. The zero-order valence-corrected chi connectivity index (χ0v) is 12.2. The second-order valence-electron chi connectivity index (χ2n) is 5.39. The normalized spacial score (nSPS) is 13.8. The highest BCUT2D eigenvalue weighted by Crippen LogP contribution is 2.28. The van der Waals surface area contributed by atoms with E-state index in [1.807, 2.05) is 36.5 Å². The molecule has 0 unspecified atom stereocenters. The minimum absolute atomic E-state index is 0.381. The first-order chi connectivity index (χ1) is 11.2. The van der Waals surface area contributed by atoms with Crippen molar-refractivity contribution in [1.82, 2.24) is 19.5 Å². The summed E-state index contributed by atoms with van der Waals surface area (Å²) < 4.78 is 7.56. The van der Waals surface area contributed by atoms with Crippen LogP contribution in [0.4, 0.5) is 4.79 Å². The van der Waals surface area contributed by atoms with E-state index in [2.05, 4.69) is 10.1 Å². The first-order valence-electron chi connectivity index (χ1n) is 7.26. The predicted octanol–water partition coefficient (Wildman–Crippen LogP) is 2.56. The molecule has 0 saturated carbocycles. The van der Waals surface area contributed by atoms with E-state index in [0.717, 1.165) is 23.1 Å². The van der Waals surface area contributed by atoms with Gasteiger partial charge in [-0.3, -0.25) is 0 Å². The van der Waals surface area contributed by atoms with Gasteiger partial charge in [-0.15, -0.1) is 0 Å².